The van der Waals surface area contributed by atoms with Gasteiger partial charge in [-0.2, -0.15) is 5.10 Å². The molecule has 1 amide bonds. The van der Waals surface area contributed by atoms with Crippen molar-refractivity contribution >= 4 is 22.8 Å². The fourth-order valence-electron chi connectivity index (χ4n) is 3.61. The highest BCUT2D eigenvalue weighted by Crippen LogP contribution is 2.29. The van der Waals surface area contributed by atoms with Crippen molar-refractivity contribution in [2.75, 3.05) is 18.0 Å². The van der Waals surface area contributed by atoms with Crippen LogP contribution in [-0.4, -0.2) is 44.8 Å². The highest BCUT2D eigenvalue weighted by Gasteiger charge is 2.26. The molecule has 1 aliphatic heterocycles. The first-order valence-electron chi connectivity index (χ1n) is 9.10. The average molecular weight is 368 g/mol. The molecule has 1 aliphatic rings. The Kier molecular flexibility index (Phi) is 4.70. The maximum atomic E-state index is 14.2. The summed E-state index contributed by atoms with van der Waals surface area (Å²) in [4.78, 5) is 22.4. The largest absolute Gasteiger partial charge is 0.354 e. The van der Waals surface area contributed by atoms with E-state index in [4.69, 9.17) is 0 Å². The minimum absolute atomic E-state index is 0.0410. The molecule has 1 fully saturated rings. The van der Waals surface area contributed by atoms with E-state index < -0.39 is 0 Å². The second-order valence-corrected chi connectivity index (χ2v) is 6.72. The molecule has 0 saturated carbocycles. The van der Waals surface area contributed by atoms with Crippen LogP contribution in [0.2, 0.25) is 0 Å². The van der Waals surface area contributed by atoms with Crippen LogP contribution >= 0.6 is 0 Å². The van der Waals surface area contributed by atoms with Gasteiger partial charge < -0.3 is 10.2 Å². The Hall–Kier alpha value is -3.03. The molecule has 8 heteroatoms. The number of piperidine rings is 1. The first-order valence-corrected chi connectivity index (χ1v) is 9.10. The molecule has 140 valence electrons. The average Bonchev–Trinajstić information content (AvgIpc) is 3.11. The molecule has 3 aromatic rings. The van der Waals surface area contributed by atoms with Gasteiger partial charge in [0.1, 0.15) is 23.6 Å². The van der Waals surface area contributed by atoms with Gasteiger partial charge in [0.2, 0.25) is 5.91 Å². The standard InChI is InChI=1S/C19H21FN6O/c1-13(27)21-10-14-6-4-5-9-25(14)18-15-11-24-26(19(15)23-12-22-18)17-8-3-2-7-16(17)20/h2-3,7-8,11-12,14H,4-6,9-10H2,1H3,(H,21,27). The molecule has 3 heterocycles. The van der Waals surface area contributed by atoms with E-state index in [1.165, 1.54) is 24.0 Å². The Labute approximate surface area is 156 Å². The Balaban J connectivity index is 1.74. The molecular formula is C19H21FN6O. The molecule has 2 aromatic heterocycles. The molecule has 0 spiro atoms. The highest BCUT2D eigenvalue weighted by atomic mass is 19.1. The zero-order valence-electron chi connectivity index (χ0n) is 15.1. The van der Waals surface area contributed by atoms with E-state index in [2.05, 4.69) is 25.3 Å². The Morgan fingerprint density at radius 2 is 2.15 bits per heavy atom. The number of halogens is 1. The minimum Gasteiger partial charge on any atom is -0.354 e. The topological polar surface area (TPSA) is 75.9 Å². The summed E-state index contributed by atoms with van der Waals surface area (Å²) in [7, 11) is 0. The predicted octanol–water partition coefficient (Wildman–Crippen LogP) is 2.45. The van der Waals surface area contributed by atoms with Crippen molar-refractivity contribution in [3.05, 3.63) is 42.6 Å². The summed E-state index contributed by atoms with van der Waals surface area (Å²) < 4.78 is 15.7. The van der Waals surface area contributed by atoms with Gasteiger partial charge in [0.05, 0.1) is 11.6 Å². The number of amides is 1. The van der Waals surface area contributed by atoms with E-state index in [-0.39, 0.29) is 17.8 Å². The Morgan fingerprint density at radius 1 is 1.30 bits per heavy atom. The summed E-state index contributed by atoms with van der Waals surface area (Å²) in [5, 5.41) is 8.04. The number of para-hydroxylation sites is 1. The molecule has 7 nitrogen and oxygen atoms in total. The van der Waals surface area contributed by atoms with Gasteiger partial charge in [0.25, 0.3) is 0 Å². The van der Waals surface area contributed by atoms with Crippen molar-refractivity contribution in [2.45, 2.75) is 32.2 Å². The van der Waals surface area contributed by atoms with Gasteiger partial charge in [-0.1, -0.05) is 12.1 Å². The van der Waals surface area contributed by atoms with Crippen LogP contribution in [-0.2, 0) is 4.79 Å². The number of carbonyl (C=O) groups is 1. The van der Waals surface area contributed by atoms with Gasteiger partial charge >= 0.3 is 0 Å². The predicted molar refractivity (Wildman–Crippen MR) is 100 cm³/mol. The van der Waals surface area contributed by atoms with Crippen LogP contribution in [0.3, 0.4) is 0 Å². The number of nitrogens with zero attached hydrogens (tertiary/aromatic N) is 5. The van der Waals surface area contributed by atoms with Crippen molar-refractivity contribution in [3.8, 4) is 5.69 Å². The maximum absolute atomic E-state index is 14.2. The number of benzene rings is 1. The van der Waals surface area contributed by atoms with E-state index in [1.807, 2.05) is 0 Å². The molecule has 1 aromatic carbocycles. The second kappa shape index (κ2) is 7.30. The number of hydrogen-bond donors (Lipinski definition) is 1. The lowest BCUT2D eigenvalue weighted by molar-refractivity contribution is -0.119. The summed E-state index contributed by atoms with van der Waals surface area (Å²) in [5.41, 5.74) is 0.916. The fraction of sp³-hybridized carbons (Fsp3) is 0.368. The van der Waals surface area contributed by atoms with E-state index >= 15 is 0 Å². The molecule has 1 atom stereocenters. The van der Waals surface area contributed by atoms with Crippen LogP contribution in [0.15, 0.2) is 36.8 Å². The number of rotatable bonds is 4. The maximum Gasteiger partial charge on any atom is 0.216 e. The quantitative estimate of drug-likeness (QED) is 0.766. The van der Waals surface area contributed by atoms with E-state index in [9.17, 15) is 9.18 Å². The molecule has 0 aliphatic carbocycles. The van der Waals surface area contributed by atoms with E-state index in [1.54, 1.807) is 24.4 Å². The molecule has 1 unspecified atom stereocenters. The van der Waals surface area contributed by atoms with Crippen molar-refractivity contribution in [1.29, 1.82) is 0 Å². The van der Waals surface area contributed by atoms with Crippen molar-refractivity contribution in [1.82, 2.24) is 25.1 Å². The summed E-state index contributed by atoms with van der Waals surface area (Å²) in [6, 6.07) is 6.65. The molecule has 1 N–H and O–H groups in total. The van der Waals surface area contributed by atoms with Crippen LogP contribution in [0.25, 0.3) is 16.7 Å². The zero-order valence-corrected chi connectivity index (χ0v) is 15.1. The van der Waals surface area contributed by atoms with Gasteiger partial charge in [-0.25, -0.2) is 19.0 Å². The van der Waals surface area contributed by atoms with Crippen molar-refractivity contribution < 1.29 is 9.18 Å². The third-order valence-electron chi connectivity index (χ3n) is 4.91. The van der Waals surface area contributed by atoms with E-state index in [0.29, 0.717) is 17.9 Å². The highest BCUT2D eigenvalue weighted by molar-refractivity contribution is 5.88. The summed E-state index contributed by atoms with van der Waals surface area (Å²) in [6.07, 6.45) is 6.32. The van der Waals surface area contributed by atoms with Gasteiger partial charge in [-0.05, 0) is 31.4 Å². The first kappa shape index (κ1) is 17.4. The number of carbonyl (C=O) groups excluding carboxylic acids is 1. The van der Waals surface area contributed by atoms with Crippen LogP contribution in [0.1, 0.15) is 26.2 Å². The van der Waals surface area contributed by atoms with Gasteiger partial charge in [0, 0.05) is 26.1 Å². The third-order valence-corrected chi connectivity index (χ3v) is 4.91. The van der Waals surface area contributed by atoms with Gasteiger partial charge in [-0.15, -0.1) is 0 Å². The number of aromatic nitrogens is 4. The summed E-state index contributed by atoms with van der Waals surface area (Å²) in [6.45, 7) is 2.94. The van der Waals surface area contributed by atoms with Gasteiger partial charge in [-0.3, -0.25) is 4.79 Å². The number of hydrogen-bond acceptors (Lipinski definition) is 5. The van der Waals surface area contributed by atoms with E-state index in [0.717, 1.165) is 37.0 Å². The van der Waals surface area contributed by atoms with Crippen LogP contribution in [0, 0.1) is 5.82 Å². The normalized spacial score (nSPS) is 17.3. The second-order valence-electron chi connectivity index (χ2n) is 6.72. The molecule has 0 radical (unpaired) electrons. The third kappa shape index (κ3) is 3.34. The summed E-state index contributed by atoms with van der Waals surface area (Å²) >= 11 is 0. The number of fused-ring (bicyclic) bond motifs is 1. The molecule has 27 heavy (non-hydrogen) atoms. The van der Waals surface area contributed by atoms with Crippen LogP contribution in [0.4, 0.5) is 10.2 Å². The van der Waals surface area contributed by atoms with Gasteiger partial charge in [0.15, 0.2) is 5.65 Å². The SMILES string of the molecule is CC(=O)NCC1CCCCN1c1ncnc2c1cnn2-c1ccccc1F. The number of anilines is 1. The lowest BCUT2D eigenvalue weighted by atomic mass is 10.0. The fourth-order valence-corrected chi connectivity index (χ4v) is 3.61. The Bertz CT molecular complexity index is 972. The van der Waals surface area contributed by atoms with Crippen molar-refractivity contribution in [2.24, 2.45) is 0 Å². The number of nitrogens with one attached hydrogen (secondary N) is 1. The summed E-state index contributed by atoms with van der Waals surface area (Å²) in [5.74, 6) is 0.377. The van der Waals surface area contributed by atoms with Crippen LogP contribution in [0.5, 0.6) is 0 Å². The zero-order chi connectivity index (χ0) is 18.8. The smallest absolute Gasteiger partial charge is 0.216 e. The Morgan fingerprint density at radius 3 is 2.96 bits per heavy atom. The van der Waals surface area contributed by atoms with Crippen molar-refractivity contribution in [3.63, 3.8) is 0 Å². The lowest BCUT2D eigenvalue weighted by Gasteiger charge is -2.36. The lowest BCUT2D eigenvalue weighted by Crippen LogP contribution is -2.47. The van der Waals surface area contributed by atoms with Crippen LogP contribution < -0.4 is 10.2 Å². The first-order chi connectivity index (χ1) is 13.1. The molecule has 1 saturated heterocycles. The monoisotopic (exact) mass is 368 g/mol. The molecule has 0 bridgehead atoms. The molecular weight excluding hydrogens is 347 g/mol. The molecule has 4 rings (SSSR count). The minimum atomic E-state index is -0.357.